The molecule has 3 aromatic carbocycles. The van der Waals surface area contributed by atoms with Gasteiger partial charge in [0.2, 0.25) is 0 Å². The minimum Gasteiger partial charge on any atom is -0.493 e. The fourth-order valence-corrected chi connectivity index (χ4v) is 4.06. The zero-order valence-electron chi connectivity index (χ0n) is 21.0. The Bertz CT molecular complexity index is 1200. The number of hydrogen-bond acceptors (Lipinski definition) is 6. The van der Waals surface area contributed by atoms with E-state index in [4.69, 9.17) is 18.9 Å². The molecule has 0 atom stereocenters. The Morgan fingerprint density at radius 3 is 2.44 bits per heavy atom. The monoisotopic (exact) mass is 602 g/mol. The SMILES string of the molecule is CCCOc1ccc(C(=O)N/N=C/c2cc(I)c(OCc3ccc(C)cc3)c(OCC)c2)cc1OC. The van der Waals surface area contributed by atoms with Gasteiger partial charge in [0, 0.05) is 5.56 Å². The number of nitrogens with zero attached hydrogens (tertiary/aromatic N) is 1. The number of aryl methyl sites for hydroxylation is 1. The van der Waals surface area contributed by atoms with Crippen LogP contribution in [0.3, 0.4) is 0 Å². The Labute approximate surface area is 225 Å². The van der Waals surface area contributed by atoms with E-state index in [1.807, 2.05) is 38.1 Å². The molecule has 0 aliphatic heterocycles. The molecule has 0 saturated carbocycles. The van der Waals surface area contributed by atoms with E-state index < -0.39 is 0 Å². The molecule has 0 heterocycles. The normalized spacial score (nSPS) is 10.8. The summed E-state index contributed by atoms with van der Waals surface area (Å²) in [6.45, 7) is 7.50. The molecular formula is C28H31IN2O5. The number of carbonyl (C=O) groups is 1. The second-order valence-electron chi connectivity index (χ2n) is 7.95. The molecule has 1 amide bonds. The van der Waals surface area contributed by atoms with E-state index in [-0.39, 0.29) is 5.91 Å². The quantitative estimate of drug-likeness (QED) is 0.153. The zero-order valence-corrected chi connectivity index (χ0v) is 23.1. The molecule has 3 rings (SSSR count). The molecule has 7 nitrogen and oxygen atoms in total. The van der Waals surface area contributed by atoms with Crippen LogP contribution in [0.15, 0.2) is 59.7 Å². The summed E-state index contributed by atoms with van der Waals surface area (Å²) in [6, 6.07) is 17.0. The third-order valence-corrected chi connectivity index (χ3v) is 5.90. The van der Waals surface area contributed by atoms with Crippen molar-refractivity contribution >= 4 is 34.7 Å². The molecule has 8 heteroatoms. The van der Waals surface area contributed by atoms with Crippen molar-refractivity contribution in [3.63, 3.8) is 0 Å². The van der Waals surface area contributed by atoms with Gasteiger partial charge in [0.15, 0.2) is 23.0 Å². The third-order valence-electron chi connectivity index (χ3n) is 5.10. The number of nitrogens with one attached hydrogen (secondary N) is 1. The van der Waals surface area contributed by atoms with Crippen molar-refractivity contribution in [3.05, 3.63) is 80.4 Å². The minimum absolute atomic E-state index is 0.357. The standard InChI is InChI=1S/C28H31IN2O5/c1-5-13-35-24-12-11-22(16-25(24)33-4)28(32)31-30-17-21-14-23(29)27(26(15-21)34-6-2)36-18-20-9-7-19(3)8-10-20/h7-12,14-17H,5-6,13,18H2,1-4H3,(H,31,32)/b30-17+. The first kappa shape index (κ1) is 27.3. The minimum atomic E-state index is -0.357. The van der Waals surface area contributed by atoms with E-state index in [2.05, 4.69) is 52.2 Å². The first-order valence-corrected chi connectivity index (χ1v) is 12.8. The lowest BCUT2D eigenvalue weighted by Crippen LogP contribution is -2.17. The Balaban J connectivity index is 1.69. The molecule has 3 aromatic rings. The van der Waals surface area contributed by atoms with Gasteiger partial charge >= 0.3 is 0 Å². The molecule has 36 heavy (non-hydrogen) atoms. The first-order chi connectivity index (χ1) is 17.4. The highest BCUT2D eigenvalue weighted by atomic mass is 127. The van der Waals surface area contributed by atoms with Crippen molar-refractivity contribution in [2.45, 2.75) is 33.8 Å². The van der Waals surface area contributed by atoms with E-state index >= 15 is 0 Å². The van der Waals surface area contributed by atoms with E-state index in [1.54, 1.807) is 31.5 Å². The molecule has 1 N–H and O–H groups in total. The van der Waals surface area contributed by atoms with Crippen LogP contribution in [0, 0.1) is 10.5 Å². The maximum atomic E-state index is 12.6. The summed E-state index contributed by atoms with van der Waals surface area (Å²) in [5.74, 6) is 2.04. The van der Waals surface area contributed by atoms with E-state index in [0.717, 1.165) is 21.1 Å². The van der Waals surface area contributed by atoms with Gasteiger partial charge < -0.3 is 18.9 Å². The highest BCUT2D eigenvalue weighted by molar-refractivity contribution is 14.1. The van der Waals surface area contributed by atoms with Gasteiger partial charge in [-0.2, -0.15) is 5.10 Å². The molecule has 0 unspecified atom stereocenters. The van der Waals surface area contributed by atoms with Gasteiger partial charge in [-0.15, -0.1) is 0 Å². The van der Waals surface area contributed by atoms with Crippen LogP contribution in [0.4, 0.5) is 0 Å². The average molecular weight is 602 g/mol. The van der Waals surface area contributed by atoms with Crippen molar-refractivity contribution in [1.29, 1.82) is 0 Å². The van der Waals surface area contributed by atoms with Gasteiger partial charge in [-0.05, 0) is 84.3 Å². The number of benzene rings is 3. The summed E-state index contributed by atoms with van der Waals surface area (Å²) >= 11 is 2.21. The molecular weight excluding hydrogens is 571 g/mol. The maximum Gasteiger partial charge on any atom is 0.271 e. The molecule has 0 bridgehead atoms. The Hall–Kier alpha value is -3.27. The third kappa shape index (κ3) is 7.61. The molecule has 190 valence electrons. The number of amides is 1. The fourth-order valence-electron chi connectivity index (χ4n) is 3.28. The van der Waals surface area contributed by atoms with Gasteiger partial charge in [0.1, 0.15) is 6.61 Å². The number of ether oxygens (including phenoxy) is 4. The van der Waals surface area contributed by atoms with Gasteiger partial charge in [-0.25, -0.2) is 5.43 Å². The molecule has 0 spiro atoms. The van der Waals surface area contributed by atoms with Crippen LogP contribution in [-0.2, 0) is 6.61 Å². The number of rotatable bonds is 12. The number of methoxy groups -OCH3 is 1. The maximum absolute atomic E-state index is 12.6. The topological polar surface area (TPSA) is 78.4 Å². The van der Waals surface area contributed by atoms with Crippen LogP contribution in [0.2, 0.25) is 0 Å². The van der Waals surface area contributed by atoms with Gasteiger partial charge in [-0.3, -0.25) is 4.79 Å². The predicted octanol–water partition coefficient (Wildman–Crippen LogP) is 6.14. The fraction of sp³-hybridized carbons (Fsp3) is 0.286. The van der Waals surface area contributed by atoms with Crippen molar-refractivity contribution < 1.29 is 23.7 Å². The molecule has 0 radical (unpaired) electrons. The zero-order chi connectivity index (χ0) is 25.9. The lowest BCUT2D eigenvalue weighted by atomic mass is 10.1. The number of halogens is 1. The van der Waals surface area contributed by atoms with Crippen molar-refractivity contribution in [2.75, 3.05) is 20.3 Å². The van der Waals surface area contributed by atoms with Crippen molar-refractivity contribution in [2.24, 2.45) is 5.10 Å². The van der Waals surface area contributed by atoms with Crippen LogP contribution >= 0.6 is 22.6 Å². The smallest absolute Gasteiger partial charge is 0.271 e. The van der Waals surface area contributed by atoms with Crippen molar-refractivity contribution in [3.8, 4) is 23.0 Å². The highest BCUT2D eigenvalue weighted by Crippen LogP contribution is 2.34. The molecule has 0 aliphatic rings. The summed E-state index contributed by atoms with van der Waals surface area (Å²) in [5, 5.41) is 4.12. The largest absolute Gasteiger partial charge is 0.493 e. The second-order valence-corrected chi connectivity index (χ2v) is 9.11. The van der Waals surface area contributed by atoms with Crippen molar-refractivity contribution in [1.82, 2.24) is 5.43 Å². The molecule has 0 fully saturated rings. The predicted molar refractivity (Wildman–Crippen MR) is 150 cm³/mol. The summed E-state index contributed by atoms with van der Waals surface area (Å²) in [4.78, 5) is 12.6. The van der Waals surface area contributed by atoms with Crippen LogP contribution in [0.5, 0.6) is 23.0 Å². The van der Waals surface area contributed by atoms with Crippen LogP contribution in [-0.4, -0.2) is 32.4 Å². The summed E-state index contributed by atoms with van der Waals surface area (Å²) in [5.41, 5.74) is 6.02. The molecule has 0 saturated heterocycles. The highest BCUT2D eigenvalue weighted by Gasteiger charge is 2.13. The van der Waals surface area contributed by atoms with E-state index in [0.29, 0.717) is 48.4 Å². The lowest BCUT2D eigenvalue weighted by Gasteiger charge is -2.15. The number of hydrogen-bond donors (Lipinski definition) is 1. The Morgan fingerprint density at radius 1 is 0.972 bits per heavy atom. The van der Waals surface area contributed by atoms with E-state index in [1.165, 1.54) is 5.56 Å². The number of carbonyl (C=O) groups excluding carboxylic acids is 1. The lowest BCUT2D eigenvalue weighted by molar-refractivity contribution is 0.0954. The van der Waals surface area contributed by atoms with Crippen LogP contribution in [0.1, 0.15) is 47.3 Å². The van der Waals surface area contributed by atoms with Crippen LogP contribution < -0.4 is 24.4 Å². The van der Waals surface area contributed by atoms with Gasteiger partial charge in [-0.1, -0.05) is 36.8 Å². The average Bonchev–Trinajstić information content (AvgIpc) is 2.88. The van der Waals surface area contributed by atoms with Gasteiger partial charge in [0.25, 0.3) is 5.91 Å². The van der Waals surface area contributed by atoms with E-state index in [9.17, 15) is 4.79 Å². The Kier molecular flexibility index (Phi) is 10.4. The second kappa shape index (κ2) is 13.7. The summed E-state index contributed by atoms with van der Waals surface area (Å²) < 4.78 is 23.8. The molecule has 0 aromatic heterocycles. The number of hydrazone groups is 1. The summed E-state index contributed by atoms with van der Waals surface area (Å²) in [6.07, 6.45) is 2.45. The Morgan fingerprint density at radius 2 is 1.75 bits per heavy atom. The van der Waals surface area contributed by atoms with Crippen LogP contribution in [0.25, 0.3) is 0 Å². The first-order valence-electron chi connectivity index (χ1n) is 11.7. The molecule has 0 aliphatic carbocycles. The van der Waals surface area contributed by atoms with Gasteiger partial charge in [0.05, 0.1) is 30.1 Å². The summed E-state index contributed by atoms with van der Waals surface area (Å²) in [7, 11) is 1.54.